The van der Waals surface area contributed by atoms with Crippen molar-refractivity contribution in [1.29, 1.82) is 0 Å². The smallest absolute Gasteiger partial charge is 0.330 e. The van der Waals surface area contributed by atoms with Crippen LogP contribution in [0.25, 0.3) is 6.08 Å². The molecule has 0 aliphatic rings. The fraction of sp³-hybridized carbons (Fsp3) is 0.167. The number of nitrogens with two attached hydrogens (primary N) is 1. The molecule has 17 heavy (non-hydrogen) atoms. The summed E-state index contributed by atoms with van der Waals surface area (Å²) < 4.78 is 9.43. The molecule has 0 fully saturated rings. The zero-order chi connectivity index (χ0) is 12.8. The molecule has 5 heteroatoms. The third-order valence-corrected chi connectivity index (χ3v) is 2.13. The van der Waals surface area contributed by atoms with Gasteiger partial charge in [0.2, 0.25) is 5.91 Å². The van der Waals surface area contributed by atoms with Gasteiger partial charge in [-0.3, -0.25) is 4.79 Å². The highest BCUT2D eigenvalue weighted by Gasteiger charge is 2.07. The normalized spacial score (nSPS) is 10.2. The standard InChI is InChI=1S/C12H13NO4/c1-16-9-5-3-8(4-6-11(14)17-2)10(7-9)12(13)15/h3-7H,1-2H3,(H2,13,15). The molecule has 0 bridgehead atoms. The van der Waals surface area contributed by atoms with Crippen molar-refractivity contribution in [3.63, 3.8) is 0 Å². The van der Waals surface area contributed by atoms with Gasteiger partial charge in [0.1, 0.15) is 5.75 Å². The van der Waals surface area contributed by atoms with Crippen LogP contribution in [0, 0.1) is 0 Å². The molecule has 0 spiro atoms. The van der Waals surface area contributed by atoms with Gasteiger partial charge in [-0.15, -0.1) is 0 Å². The lowest BCUT2D eigenvalue weighted by Crippen LogP contribution is -2.12. The lowest BCUT2D eigenvalue weighted by Gasteiger charge is -2.05. The van der Waals surface area contributed by atoms with Gasteiger partial charge in [-0.25, -0.2) is 4.79 Å². The fourth-order valence-corrected chi connectivity index (χ4v) is 1.25. The third-order valence-electron chi connectivity index (χ3n) is 2.13. The first-order valence-corrected chi connectivity index (χ1v) is 4.82. The van der Waals surface area contributed by atoms with E-state index >= 15 is 0 Å². The molecule has 2 N–H and O–H groups in total. The summed E-state index contributed by atoms with van der Waals surface area (Å²) in [6, 6.07) is 4.82. The van der Waals surface area contributed by atoms with Crippen LogP contribution in [0.5, 0.6) is 5.75 Å². The van der Waals surface area contributed by atoms with Crippen molar-refractivity contribution in [2.75, 3.05) is 14.2 Å². The van der Waals surface area contributed by atoms with E-state index in [1.165, 1.54) is 32.4 Å². The maximum Gasteiger partial charge on any atom is 0.330 e. The summed E-state index contributed by atoms with van der Waals surface area (Å²) >= 11 is 0. The van der Waals surface area contributed by atoms with Crippen molar-refractivity contribution in [2.24, 2.45) is 5.73 Å². The molecule has 5 nitrogen and oxygen atoms in total. The molecule has 1 amide bonds. The van der Waals surface area contributed by atoms with Gasteiger partial charge >= 0.3 is 5.97 Å². The molecular formula is C12H13NO4. The Balaban J connectivity index is 3.11. The number of rotatable bonds is 4. The maximum absolute atomic E-state index is 11.2. The first-order valence-electron chi connectivity index (χ1n) is 4.82. The van der Waals surface area contributed by atoms with Crippen LogP contribution in [-0.2, 0) is 9.53 Å². The highest BCUT2D eigenvalue weighted by Crippen LogP contribution is 2.18. The summed E-state index contributed by atoms with van der Waals surface area (Å²) in [5, 5.41) is 0. The largest absolute Gasteiger partial charge is 0.497 e. The topological polar surface area (TPSA) is 78.6 Å². The third kappa shape index (κ3) is 3.34. The molecule has 0 saturated heterocycles. The van der Waals surface area contributed by atoms with Crippen molar-refractivity contribution < 1.29 is 19.1 Å². The molecule has 0 heterocycles. The van der Waals surface area contributed by atoms with Crippen molar-refractivity contribution in [1.82, 2.24) is 0 Å². The lowest BCUT2D eigenvalue weighted by atomic mass is 10.1. The second-order valence-electron chi connectivity index (χ2n) is 3.17. The first-order chi connectivity index (χ1) is 8.08. The molecular weight excluding hydrogens is 222 g/mol. The molecule has 0 aliphatic heterocycles. The van der Waals surface area contributed by atoms with E-state index < -0.39 is 11.9 Å². The van der Waals surface area contributed by atoms with Crippen LogP contribution in [0.3, 0.4) is 0 Å². The van der Waals surface area contributed by atoms with Crippen molar-refractivity contribution in [2.45, 2.75) is 0 Å². The molecule has 1 rings (SSSR count). The van der Waals surface area contributed by atoms with Gasteiger partial charge in [0.25, 0.3) is 0 Å². The Hall–Kier alpha value is -2.30. The van der Waals surface area contributed by atoms with Gasteiger partial charge in [-0.05, 0) is 23.8 Å². The average molecular weight is 235 g/mol. The van der Waals surface area contributed by atoms with Gasteiger partial charge < -0.3 is 15.2 Å². The molecule has 0 atom stereocenters. The molecule has 1 aromatic rings. The number of esters is 1. The summed E-state index contributed by atoms with van der Waals surface area (Å²) in [7, 11) is 2.76. The van der Waals surface area contributed by atoms with Crippen LogP contribution in [0.1, 0.15) is 15.9 Å². The summed E-state index contributed by atoms with van der Waals surface area (Å²) in [5.74, 6) is -0.571. The molecule has 0 radical (unpaired) electrons. The van der Waals surface area contributed by atoms with E-state index in [1.54, 1.807) is 12.1 Å². The van der Waals surface area contributed by atoms with Crippen LogP contribution in [0.2, 0.25) is 0 Å². The quantitative estimate of drug-likeness (QED) is 0.623. The highest BCUT2D eigenvalue weighted by molar-refractivity contribution is 5.98. The number of carbonyl (C=O) groups excluding carboxylic acids is 2. The molecule has 1 aromatic carbocycles. The van der Waals surface area contributed by atoms with E-state index in [0.717, 1.165) is 0 Å². The number of hydrogen-bond acceptors (Lipinski definition) is 4. The minimum Gasteiger partial charge on any atom is -0.497 e. The monoisotopic (exact) mass is 235 g/mol. The van der Waals surface area contributed by atoms with E-state index in [9.17, 15) is 9.59 Å². The van der Waals surface area contributed by atoms with E-state index in [2.05, 4.69) is 4.74 Å². The Kier molecular flexibility index (Phi) is 4.28. The second kappa shape index (κ2) is 5.69. The zero-order valence-corrected chi connectivity index (χ0v) is 9.60. The Labute approximate surface area is 98.8 Å². The Morgan fingerprint density at radius 2 is 2.00 bits per heavy atom. The predicted molar refractivity (Wildman–Crippen MR) is 62.6 cm³/mol. The molecule has 90 valence electrons. The minimum atomic E-state index is -0.589. The van der Waals surface area contributed by atoms with Gasteiger partial charge in [0, 0.05) is 11.6 Å². The average Bonchev–Trinajstić information content (AvgIpc) is 2.35. The van der Waals surface area contributed by atoms with Gasteiger partial charge in [0.15, 0.2) is 0 Å². The van der Waals surface area contributed by atoms with Crippen LogP contribution in [-0.4, -0.2) is 26.1 Å². The maximum atomic E-state index is 11.2. The zero-order valence-electron chi connectivity index (χ0n) is 9.60. The Morgan fingerprint density at radius 1 is 1.29 bits per heavy atom. The lowest BCUT2D eigenvalue weighted by molar-refractivity contribution is -0.134. The molecule has 0 saturated carbocycles. The van der Waals surface area contributed by atoms with Gasteiger partial charge in [-0.2, -0.15) is 0 Å². The van der Waals surface area contributed by atoms with Crippen LogP contribution in [0.15, 0.2) is 24.3 Å². The Morgan fingerprint density at radius 3 is 2.53 bits per heavy atom. The summed E-state index contributed by atoms with van der Waals surface area (Å²) in [6.07, 6.45) is 2.68. The highest BCUT2D eigenvalue weighted by atomic mass is 16.5. The molecule has 0 unspecified atom stereocenters. The van der Waals surface area contributed by atoms with Crippen LogP contribution >= 0.6 is 0 Å². The number of ether oxygens (including phenoxy) is 2. The van der Waals surface area contributed by atoms with Gasteiger partial charge in [-0.1, -0.05) is 6.07 Å². The van der Waals surface area contributed by atoms with Crippen molar-refractivity contribution in [3.05, 3.63) is 35.4 Å². The predicted octanol–water partition coefficient (Wildman–Crippen LogP) is 0.980. The Bertz CT molecular complexity index is 466. The SMILES string of the molecule is COC(=O)C=Cc1ccc(OC)cc1C(N)=O. The van der Waals surface area contributed by atoms with E-state index in [-0.39, 0.29) is 5.56 Å². The van der Waals surface area contributed by atoms with Crippen molar-refractivity contribution >= 4 is 18.0 Å². The number of benzene rings is 1. The second-order valence-corrected chi connectivity index (χ2v) is 3.17. The number of methoxy groups -OCH3 is 2. The summed E-state index contributed by atoms with van der Waals surface area (Å²) in [6.45, 7) is 0. The first kappa shape index (κ1) is 12.8. The van der Waals surface area contributed by atoms with E-state index in [0.29, 0.717) is 11.3 Å². The van der Waals surface area contributed by atoms with Gasteiger partial charge in [0.05, 0.1) is 14.2 Å². The number of amides is 1. The molecule has 0 aliphatic carbocycles. The van der Waals surface area contributed by atoms with Crippen molar-refractivity contribution in [3.8, 4) is 5.75 Å². The van der Waals surface area contributed by atoms with Crippen LogP contribution in [0.4, 0.5) is 0 Å². The number of primary amides is 1. The van der Waals surface area contributed by atoms with E-state index in [1.807, 2.05) is 0 Å². The number of hydrogen-bond donors (Lipinski definition) is 1. The summed E-state index contributed by atoms with van der Waals surface area (Å²) in [5.41, 5.74) is 6.05. The van der Waals surface area contributed by atoms with E-state index in [4.69, 9.17) is 10.5 Å². The fourth-order valence-electron chi connectivity index (χ4n) is 1.25. The minimum absolute atomic E-state index is 0.282. The summed E-state index contributed by atoms with van der Waals surface area (Å²) in [4.78, 5) is 22.2. The number of carbonyl (C=O) groups is 2. The van der Waals surface area contributed by atoms with Crippen LogP contribution < -0.4 is 10.5 Å². The molecule has 0 aromatic heterocycles.